The number of alkyl halides is 1. The van der Waals surface area contributed by atoms with E-state index in [0.717, 1.165) is 17.4 Å². The Hall–Kier alpha value is -1.42. The number of nitrogen functional groups attached to an aromatic ring is 1. The van der Waals surface area contributed by atoms with Crippen LogP contribution in [0.4, 0.5) is 10.1 Å². The van der Waals surface area contributed by atoms with E-state index in [1.807, 2.05) is 30.9 Å². The van der Waals surface area contributed by atoms with Gasteiger partial charge in [-0.15, -0.1) is 0 Å². The van der Waals surface area contributed by atoms with Gasteiger partial charge in [0.2, 0.25) is 0 Å². The fourth-order valence-electron chi connectivity index (χ4n) is 2.76. The molecular weight excluding hydrogens is 219 g/mol. The number of benzene rings is 1. The molecule has 3 nitrogen and oxygen atoms in total. The SMILES string of the molecule is CC1(C)c2cccc(N)c2C(C=O)N1CCF. The minimum absolute atomic E-state index is 0.241. The van der Waals surface area contributed by atoms with Crippen molar-refractivity contribution in [1.82, 2.24) is 4.90 Å². The minimum Gasteiger partial charge on any atom is -0.398 e. The second-order valence-corrected chi connectivity index (χ2v) is 4.83. The molecule has 0 amide bonds. The molecule has 1 aliphatic heterocycles. The molecule has 0 saturated heterocycles. The Bertz CT molecular complexity index is 445. The lowest BCUT2D eigenvalue weighted by molar-refractivity contribution is -0.114. The van der Waals surface area contributed by atoms with Gasteiger partial charge in [-0.3, -0.25) is 4.90 Å². The lowest BCUT2D eigenvalue weighted by atomic mass is 9.92. The number of aldehydes is 1. The number of hydrogen-bond donors (Lipinski definition) is 1. The maximum absolute atomic E-state index is 12.6. The van der Waals surface area contributed by atoms with Crippen molar-refractivity contribution in [3.05, 3.63) is 29.3 Å². The van der Waals surface area contributed by atoms with Gasteiger partial charge in [0.25, 0.3) is 0 Å². The third-order valence-corrected chi connectivity index (χ3v) is 3.60. The Kier molecular flexibility index (Phi) is 2.91. The molecule has 0 aromatic heterocycles. The molecule has 92 valence electrons. The van der Waals surface area contributed by atoms with Gasteiger partial charge >= 0.3 is 0 Å². The van der Waals surface area contributed by atoms with Gasteiger partial charge < -0.3 is 10.5 Å². The highest BCUT2D eigenvalue weighted by Gasteiger charge is 2.44. The fourth-order valence-corrected chi connectivity index (χ4v) is 2.76. The summed E-state index contributed by atoms with van der Waals surface area (Å²) in [4.78, 5) is 13.1. The molecule has 17 heavy (non-hydrogen) atoms. The summed E-state index contributed by atoms with van der Waals surface area (Å²) in [5, 5.41) is 0. The molecule has 4 heteroatoms. The number of nitrogens with zero attached hydrogens (tertiary/aromatic N) is 1. The van der Waals surface area contributed by atoms with E-state index >= 15 is 0 Å². The maximum Gasteiger partial charge on any atom is 0.141 e. The normalized spacial score (nSPS) is 22.4. The molecule has 0 spiro atoms. The molecule has 1 aromatic rings. The number of hydrogen-bond acceptors (Lipinski definition) is 3. The van der Waals surface area contributed by atoms with Crippen LogP contribution in [-0.2, 0) is 10.3 Å². The molecule has 0 aliphatic carbocycles. The minimum atomic E-state index is -0.471. The van der Waals surface area contributed by atoms with Gasteiger partial charge in [-0.05, 0) is 25.5 Å². The van der Waals surface area contributed by atoms with Crippen LogP contribution in [0.5, 0.6) is 0 Å². The van der Waals surface area contributed by atoms with Crippen molar-refractivity contribution in [3.8, 4) is 0 Å². The molecule has 1 atom stereocenters. The van der Waals surface area contributed by atoms with Gasteiger partial charge in [0.15, 0.2) is 0 Å². The first-order valence-corrected chi connectivity index (χ1v) is 5.71. The molecule has 0 bridgehead atoms. The first-order chi connectivity index (χ1) is 8.04. The second kappa shape index (κ2) is 4.11. The predicted molar refractivity (Wildman–Crippen MR) is 65.4 cm³/mol. The van der Waals surface area contributed by atoms with Crippen LogP contribution < -0.4 is 5.73 Å². The Morgan fingerprint density at radius 1 is 1.53 bits per heavy atom. The zero-order chi connectivity index (χ0) is 12.6. The summed E-state index contributed by atoms with van der Waals surface area (Å²) in [6.45, 7) is 3.75. The number of rotatable bonds is 3. The van der Waals surface area contributed by atoms with Gasteiger partial charge in [0.05, 0.1) is 6.04 Å². The Balaban J connectivity index is 2.58. The maximum atomic E-state index is 12.6. The van der Waals surface area contributed by atoms with Crippen LogP contribution in [0.15, 0.2) is 18.2 Å². The summed E-state index contributed by atoms with van der Waals surface area (Å²) >= 11 is 0. The van der Waals surface area contributed by atoms with E-state index in [4.69, 9.17) is 5.73 Å². The van der Waals surface area contributed by atoms with Crippen LogP contribution in [0.1, 0.15) is 31.0 Å². The summed E-state index contributed by atoms with van der Waals surface area (Å²) in [6.07, 6.45) is 0.847. The van der Waals surface area contributed by atoms with Crippen LogP contribution >= 0.6 is 0 Å². The molecular formula is C13H17FN2O. The Morgan fingerprint density at radius 2 is 2.24 bits per heavy atom. The highest BCUT2D eigenvalue weighted by Crippen LogP contribution is 2.46. The van der Waals surface area contributed by atoms with E-state index in [-0.39, 0.29) is 12.1 Å². The first kappa shape index (κ1) is 12.0. The van der Waals surface area contributed by atoms with E-state index < -0.39 is 12.7 Å². The third-order valence-electron chi connectivity index (χ3n) is 3.60. The summed E-state index contributed by atoms with van der Waals surface area (Å²) in [5.74, 6) is 0. The largest absolute Gasteiger partial charge is 0.398 e. The third kappa shape index (κ3) is 1.63. The summed E-state index contributed by atoms with van der Waals surface area (Å²) < 4.78 is 12.6. The number of fused-ring (bicyclic) bond motifs is 1. The standard InChI is InChI=1S/C13H17FN2O/c1-13(2)9-4-3-5-10(15)12(9)11(8-17)16(13)7-6-14/h3-5,8,11H,6-7,15H2,1-2H3. The fraction of sp³-hybridized carbons (Fsp3) is 0.462. The molecule has 1 aromatic carbocycles. The molecule has 1 aliphatic rings. The first-order valence-electron chi connectivity index (χ1n) is 5.71. The van der Waals surface area contributed by atoms with Gasteiger partial charge in [0.1, 0.15) is 13.0 Å². The van der Waals surface area contributed by atoms with Crippen LogP contribution in [-0.4, -0.2) is 24.4 Å². The smallest absolute Gasteiger partial charge is 0.141 e. The quantitative estimate of drug-likeness (QED) is 0.645. The Morgan fingerprint density at radius 3 is 2.82 bits per heavy atom. The zero-order valence-electron chi connectivity index (χ0n) is 10.1. The number of nitrogens with two attached hydrogens (primary N) is 1. The van der Waals surface area contributed by atoms with Crippen LogP contribution in [0.25, 0.3) is 0 Å². The zero-order valence-corrected chi connectivity index (χ0v) is 10.1. The number of halogens is 1. The van der Waals surface area contributed by atoms with Gasteiger partial charge in [0, 0.05) is 23.3 Å². The second-order valence-electron chi connectivity index (χ2n) is 4.83. The van der Waals surface area contributed by atoms with Crippen LogP contribution in [0.2, 0.25) is 0 Å². The van der Waals surface area contributed by atoms with Gasteiger partial charge in [-0.2, -0.15) is 0 Å². The van der Waals surface area contributed by atoms with Gasteiger partial charge in [-0.1, -0.05) is 12.1 Å². The molecule has 0 radical (unpaired) electrons. The van der Waals surface area contributed by atoms with E-state index in [1.54, 1.807) is 6.07 Å². The van der Waals surface area contributed by atoms with Crippen LogP contribution in [0, 0.1) is 0 Å². The lowest BCUT2D eigenvalue weighted by Crippen LogP contribution is -2.39. The molecule has 1 unspecified atom stereocenters. The number of carbonyl (C=O) groups excluding carboxylic acids is 1. The van der Waals surface area contributed by atoms with E-state index in [1.165, 1.54) is 0 Å². The average Bonchev–Trinajstić information content (AvgIpc) is 2.51. The molecule has 2 N–H and O–H groups in total. The van der Waals surface area contributed by atoms with Gasteiger partial charge in [-0.25, -0.2) is 4.39 Å². The van der Waals surface area contributed by atoms with Crippen molar-refractivity contribution in [2.24, 2.45) is 0 Å². The highest BCUT2D eigenvalue weighted by molar-refractivity contribution is 5.72. The summed E-state index contributed by atoms with van der Waals surface area (Å²) in [7, 11) is 0. The predicted octanol–water partition coefficient (Wildman–Crippen LogP) is 2.03. The van der Waals surface area contributed by atoms with Crippen molar-refractivity contribution in [2.45, 2.75) is 25.4 Å². The number of anilines is 1. The molecule has 0 saturated carbocycles. The van der Waals surface area contributed by atoms with Crippen molar-refractivity contribution in [2.75, 3.05) is 19.0 Å². The lowest BCUT2D eigenvalue weighted by Gasteiger charge is -2.33. The average molecular weight is 236 g/mol. The van der Waals surface area contributed by atoms with Crippen molar-refractivity contribution < 1.29 is 9.18 Å². The van der Waals surface area contributed by atoms with E-state index in [9.17, 15) is 9.18 Å². The summed E-state index contributed by atoms with van der Waals surface area (Å²) in [6, 6.07) is 5.18. The molecule has 2 rings (SSSR count). The van der Waals surface area contributed by atoms with Crippen LogP contribution in [0.3, 0.4) is 0 Å². The van der Waals surface area contributed by atoms with Crippen molar-refractivity contribution in [3.63, 3.8) is 0 Å². The molecule has 1 heterocycles. The monoisotopic (exact) mass is 236 g/mol. The van der Waals surface area contributed by atoms with Crippen molar-refractivity contribution in [1.29, 1.82) is 0 Å². The highest BCUT2D eigenvalue weighted by atomic mass is 19.1. The summed E-state index contributed by atoms with van der Waals surface area (Å²) in [5.41, 5.74) is 8.04. The van der Waals surface area contributed by atoms with Crippen molar-refractivity contribution >= 4 is 12.0 Å². The topological polar surface area (TPSA) is 46.3 Å². The molecule has 0 fully saturated rings. The van der Waals surface area contributed by atoms with E-state index in [2.05, 4.69) is 0 Å². The number of carbonyl (C=O) groups is 1. The Labute approximate surface area is 100 Å². The van der Waals surface area contributed by atoms with E-state index in [0.29, 0.717) is 5.69 Å².